The number of carbonyl (C=O) groups excluding carboxylic acids is 1. The summed E-state index contributed by atoms with van der Waals surface area (Å²) in [4.78, 5) is 23.6. The number of benzene rings is 1. The summed E-state index contributed by atoms with van der Waals surface area (Å²) in [5.74, 6) is -2.75. The SMILES string of the molecule is Cc1ccc(C(=O)N(C)C)cc1NS(=O)(=O)CC(=O)O. The molecule has 0 saturated carbocycles. The quantitative estimate of drug-likeness (QED) is 0.825. The first-order chi connectivity index (χ1) is 9.12. The third-order valence-electron chi connectivity index (χ3n) is 2.47. The van der Waals surface area contributed by atoms with Crippen LogP contribution >= 0.6 is 0 Å². The van der Waals surface area contributed by atoms with Gasteiger partial charge in [0.15, 0.2) is 5.75 Å². The monoisotopic (exact) mass is 300 g/mol. The largest absolute Gasteiger partial charge is 0.480 e. The molecule has 8 heteroatoms. The molecule has 0 aliphatic rings. The number of nitrogens with one attached hydrogen (secondary N) is 1. The highest BCUT2D eigenvalue weighted by molar-refractivity contribution is 7.93. The highest BCUT2D eigenvalue weighted by atomic mass is 32.2. The van der Waals surface area contributed by atoms with Gasteiger partial charge < -0.3 is 10.0 Å². The maximum Gasteiger partial charge on any atom is 0.320 e. The fraction of sp³-hybridized carbons (Fsp3) is 0.333. The first-order valence-electron chi connectivity index (χ1n) is 5.67. The molecule has 0 bridgehead atoms. The number of amides is 1. The number of hydrogen-bond acceptors (Lipinski definition) is 4. The van der Waals surface area contributed by atoms with Crippen LogP contribution in [0.3, 0.4) is 0 Å². The van der Waals surface area contributed by atoms with Gasteiger partial charge in [-0.25, -0.2) is 8.42 Å². The zero-order chi connectivity index (χ0) is 15.5. The predicted molar refractivity (Wildman–Crippen MR) is 74.2 cm³/mol. The van der Waals surface area contributed by atoms with Gasteiger partial charge in [0.2, 0.25) is 10.0 Å². The Hall–Kier alpha value is -2.09. The van der Waals surface area contributed by atoms with Crippen LogP contribution in [0.2, 0.25) is 0 Å². The Morgan fingerprint density at radius 1 is 1.30 bits per heavy atom. The molecule has 7 nitrogen and oxygen atoms in total. The molecule has 0 fully saturated rings. The van der Waals surface area contributed by atoms with Crippen molar-refractivity contribution in [2.24, 2.45) is 0 Å². The van der Waals surface area contributed by atoms with Crippen molar-refractivity contribution in [3.8, 4) is 0 Å². The number of sulfonamides is 1. The average molecular weight is 300 g/mol. The highest BCUT2D eigenvalue weighted by Gasteiger charge is 2.18. The lowest BCUT2D eigenvalue weighted by molar-refractivity contribution is -0.134. The van der Waals surface area contributed by atoms with Gasteiger partial charge in [-0.1, -0.05) is 6.07 Å². The molecule has 2 N–H and O–H groups in total. The first kappa shape index (κ1) is 16.0. The third kappa shape index (κ3) is 4.23. The molecular formula is C12H16N2O5S. The van der Waals surface area contributed by atoms with Crippen molar-refractivity contribution in [2.75, 3.05) is 24.6 Å². The van der Waals surface area contributed by atoms with Gasteiger partial charge in [-0.2, -0.15) is 0 Å². The summed E-state index contributed by atoms with van der Waals surface area (Å²) < 4.78 is 25.4. The normalized spacial score (nSPS) is 10.9. The highest BCUT2D eigenvalue weighted by Crippen LogP contribution is 2.19. The second-order valence-electron chi connectivity index (χ2n) is 4.48. The van der Waals surface area contributed by atoms with Gasteiger partial charge in [-0.3, -0.25) is 14.3 Å². The van der Waals surface area contributed by atoms with E-state index in [1.54, 1.807) is 33.2 Å². The molecule has 0 spiro atoms. The molecule has 0 unspecified atom stereocenters. The zero-order valence-electron chi connectivity index (χ0n) is 11.4. The first-order valence-corrected chi connectivity index (χ1v) is 7.32. The molecular weight excluding hydrogens is 284 g/mol. The lowest BCUT2D eigenvalue weighted by atomic mass is 10.1. The molecule has 1 rings (SSSR count). The maximum atomic E-state index is 11.8. The molecule has 0 radical (unpaired) electrons. The molecule has 20 heavy (non-hydrogen) atoms. The molecule has 1 amide bonds. The number of aryl methyl sites for hydroxylation is 1. The van der Waals surface area contributed by atoms with Crippen LogP contribution in [0.15, 0.2) is 18.2 Å². The average Bonchev–Trinajstić information content (AvgIpc) is 2.28. The van der Waals surface area contributed by atoms with Crippen LogP contribution in [0.5, 0.6) is 0 Å². The van der Waals surface area contributed by atoms with Gasteiger partial charge >= 0.3 is 5.97 Å². The minimum Gasteiger partial charge on any atom is -0.480 e. The van der Waals surface area contributed by atoms with Gasteiger partial charge in [0, 0.05) is 19.7 Å². The molecule has 1 aromatic rings. The number of rotatable bonds is 5. The van der Waals surface area contributed by atoms with E-state index in [2.05, 4.69) is 4.72 Å². The van der Waals surface area contributed by atoms with Crippen LogP contribution in [0.25, 0.3) is 0 Å². The van der Waals surface area contributed by atoms with Crippen LogP contribution in [-0.4, -0.2) is 50.1 Å². The van der Waals surface area contributed by atoms with Gasteiger partial charge in [0.05, 0.1) is 5.69 Å². The summed E-state index contributed by atoms with van der Waals surface area (Å²) in [6.45, 7) is 1.66. The molecule has 0 atom stereocenters. The molecule has 0 aliphatic heterocycles. The van der Waals surface area contributed by atoms with Crippen molar-refractivity contribution in [1.82, 2.24) is 4.90 Å². The van der Waals surface area contributed by atoms with E-state index >= 15 is 0 Å². The van der Waals surface area contributed by atoms with Crippen molar-refractivity contribution in [3.05, 3.63) is 29.3 Å². The Kier molecular flexibility index (Phi) is 4.72. The fourth-order valence-electron chi connectivity index (χ4n) is 1.49. The van der Waals surface area contributed by atoms with Crippen molar-refractivity contribution >= 4 is 27.6 Å². The van der Waals surface area contributed by atoms with Crippen molar-refractivity contribution in [2.45, 2.75) is 6.92 Å². The van der Waals surface area contributed by atoms with E-state index in [-0.39, 0.29) is 11.6 Å². The fourth-order valence-corrected chi connectivity index (χ4v) is 2.44. The molecule has 110 valence electrons. The van der Waals surface area contributed by atoms with Crippen molar-refractivity contribution in [1.29, 1.82) is 0 Å². The second-order valence-corrected chi connectivity index (χ2v) is 6.21. The van der Waals surface area contributed by atoms with E-state index in [1.165, 1.54) is 11.0 Å². The Balaban J connectivity index is 3.10. The predicted octanol–water partition coefficient (Wildman–Crippen LogP) is 0.523. The number of carboxylic acids is 1. The Morgan fingerprint density at radius 3 is 2.40 bits per heavy atom. The summed E-state index contributed by atoms with van der Waals surface area (Å²) in [5, 5.41) is 8.53. The number of nitrogens with zero attached hydrogens (tertiary/aromatic N) is 1. The summed E-state index contributed by atoms with van der Waals surface area (Å²) in [6, 6.07) is 4.55. The smallest absolute Gasteiger partial charge is 0.320 e. The van der Waals surface area contributed by atoms with Crippen LogP contribution in [0.4, 0.5) is 5.69 Å². The second kappa shape index (κ2) is 5.91. The minimum atomic E-state index is -3.99. The maximum absolute atomic E-state index is 11.8. The van der Waals surface area contributed by atoms with E-state index in [0.717, 1.165) is 0 Å². The Labute approximate surface area is 117 Å². The standard InChI is InChI=1S/C12H16N2O5S/c1-8-4-5-9(12(17)14(2)3)6-10(8)13-20(18,19)7-11(15)16/h4-6,13H,7H2,1-3H3,(H,15,16). The van der Waals surface area contributed by atoms with E-state index in [0.29, 0.717) is 11.1 Å². The molecule has 0 aromatic heterocycles. The molecule has 1 aromatic carbocycles. The summed E-state index contributed by atoms with van der Waals surface area (Å²) in [6.07, 6.45) is 0. The minimum absolute atomic E-state index is 0.193. The topological polar surface area (TPSA) is 104 Å². The van der Waals surface area contributed by atoms with E-state index in [1.807, 2.05) is 0 Å². The van der Waals surface area contributed by atoms with Crippen LogP contribution in [0.1, 0.15) is 15.9 Å². The van der Waals surface area contributed by atoms with Crippen molar-refractivity contribution < 1.29 is 23.1 Å². The lowest BCUT2D eigenvalue weighted by Gasteiger charge is -2.14. The Bertz CT molecular complexity index is 637. The number of carboxylic acid groups (broad SMARTS) is 1. The summed E-state index contributed by atoms with van der Waals surface area (Å²) >= 11 is 0. The van der Waals surface area contributed by atoms with E-state index in [4.69, 9.17) is 5.11 Å². The Morgan fingerprint density at radius 2 is 1.90 bits per heavy atom. The number of anilines is 1. The van der Waals surface area contributed by atoms with E-state index in [9.17, 15) is 18.0 Å². The van der Waals surface area contributed by atoms with Crippen molar-refractivity contribution in [3.63, 3.8) is 0 Å². The van der Waals surface area contributed by atoms with Crippen LogP contribution in [-0.2, 0) is 14.8 Å². The van der Waals surface area contributed by atoms with E-state index < -0.39 is 21.7 Å². The molecule has 0 aliphatic carbocycles. The number of carbonyl (C=O) groups is 2. The lowest BCUT2D eigenvalue weighted by Crippen LogP contribution is -2.24. The number of hydrogen-bond donors (Lipinski definition) is 2. The van der Waals surface area contributed by atoms with Gasteiger partial charge in [-0.05, 0) is 24.6 Å². The van der Waals surface area contributed by atoms with Crippen LogP contribution < -0.4 is 4.72 Å². The van der Waals surface area contributed by atoms with Gasteiger partial charge in [0.1, 0.15) is 0 Å². The number of aliphatic carboxylic acids is 1. The summed E-state index contributed by atoms with van der Waals surface area (Å²) in [5.41, 5.74) is 1.10. The third-order valence-corrected chi connectivity index (χ3v) is 3.63. The molecule has 0 saturated heterocycles. The van der Waals surface area contributed by atoms with Gasteiger partial charge in [0.25, 0.3) is 5.91 Å². The van der Waals surface area contributed by atoms with Gasteiger partial charge in [-0.15, -0.1) is 0 Å². The molecule has 0 heterocycles. The summed E-state index contributed by atoms with van der Waals surface area (Å²) in [7, 11) is -0.834. The zero-order valence-corrected chi connectivity index (χ0v) is 12.2. The van der Waals surface area contributed by atoms with Crippen LogP contribution in [0, 0.1) is 6.92 Å².